The zero-order chi connectivity index (χ0) is 27.6. The van der Waals surface area contributed by atoms with Crippen molar-refractivity contribution in [1.29, 1.82) is 0 Å². The molecule has 0 saturated carbocycles. The van der Waals surface area contributed by atoms with Gasteiger partial charge in [0, 0.05) is 43.6 Å². The number of nitrogens with two attached hydrogens (primary N) is 1. The van der Waals surface area contributed by atoms with E-state index in [0.29, 0.717) is 24.2 Å². The third-order valence-corrected chi connectivity index (χ3v) is 5.66. The number of aliphatic imine (C=N–C) groups is 1. The fourth-order valence-corrected chi connectivity index (χ4v) is 3.82. The van der Waals surface area contributed by atoms with Crippen LogP contribution in [0.2, 0.25) is 0 Å². The second kappa shape index (κ2) is 13.7. The fourth-order valence-electron chi connectivity index (χ4n) is 3.82. The number of aryl methyl sites for hydroxylation is 2. The Morgan fingerprint density at radius 2 is 1.95 bits per heavy atom. The summed E-state index contributed by atoms with van der Waals surface area (Å²) in [6, 6.07) is 7.32. The lowest BCUT2D eigenvalue weighted by atomic mass is 10.0. The molecule has 1 unspecified atom stereocenters. The molecule has 0 aromatic carbocycles. The van der Waals surface area contributed by atoms with E-state index in [-0.39, 0.29) is 31.6 Å². The van der Waals surface area contributed by atoms with Gasteiger partial charge < -0.3 is 21.0 Å². The highest BCUT2D eigenvalue weighted by atomic mass is 19.3. The number of aliphatic hydroxyl groups excluding tert-OH is 1. The van der Waals surface area contributed by atoms with Crippen LogP contribution in [0.3, 0.4) is 0 Å². The summed E-state index contributed by atoms with van der Waals surface area (Å²) in [4.78, 5) is 31.8. The fraction of sp³-hybridized carbons (Fsp3) is 0.423. The number of aromatic nitrogens is 3. The largest absolute Gasteiger partial charge is 0.393 e. The van der Waals surface area contributed by atoms with Crippen LogP contribution in [-0.2, 0) is 22.4 Å². The molecule has 3 aromatic heterocycles. The van der Waals surface area contributed by atoms with Gasteiger partial charge in [-0.1, -0.05) is 0 Å². The molecule has 0 fully saturated rings. The molecule has 0 aliphatic rings. The van der Waals surface area contributed by atoms with Gasteiger partial charge in [-0.3, -0.25) is 14.3 Å². The van der Waals surface area contributed by atoms with Crippen LogP contribution in [0.5, 0.6) is 0 Å². The zero-order valence-corrected chi connectivity index (χ0v) is 21.4. The number of halogens is 2. The Kier molecular flexibility index (Phi) is 10.9. The van der Waals surface area contributed by atoms with E-state index in [1.165, 1.54) is 6.92 Å². The van der Waals surface area contributed by atoms with E-state index in [1.807, 2.05) is 23.5 Å². The predicted molar refractivity (Wildman–Crippen MR) is 139 cm³/mol. The smallest absolute Gasteiger partial charge is 0.249 e. The summed E-state index contributed by atoms with van der Waals surface area (Å²) in [5.74, 6) is -3.12. The molecule has 4 N–H and O–H groups in total. The van der Waals surface area contributed by atoms with Gasteiger partial charge in [0.25, 0.3) is 0 Å². The number of pyridine rings is 2. The molecule has 0 aliphatic heterocycles. The quantitative estimate of drug-likeness (QED) is 0.263. The number of fused-ring (bicyclic) bond motifs is 1. The maximum atomic E-state index is 14.1. The molecule has 0 bridgehead atoms. The first-order valence-corrected chi connectivity index (χ1v) is 11.9. The first-order valence-electron chi connectivity index (χ1n) is 11.9. The second-order valence-electron chi connectivity index (χ2n) is 8.74. The molecule has 0 aliphatic carbocycles. The van der Waals surface area contributed by atoms with Crippen LogP contribution in [0.1, 0.15) is 50.1 Å². The van der Waals surface area contributed by atoms with Crippen molar-refractivity contribution >= 4 is 29.6 Å². The van der Waals surface area contributed by atoms with Gasteiger partial charge in [-0.2, -0.15) is 4.99 Å². The molecule has 3 rings (SSSR count). The minimum atomic E-state index is -2.74. The molecular weight excluding hydrogens is 482 g/mol. The van der Waals surface area contributed by atoms with Crippen LogP contribution in [0.15, 0.2) is 41.7 Å². The summed E-state index contributed by atoms with van der Waals surface area (Å²) in [7, 11) is 1.66. The molecule has 200 valence electrons. The van der Waals surface area contributed by atoms with Gasteiger partial charge >= 0.3 is 0 Å². The molecule has 3 heterocycles. The second-order valence-corrected chi connectivity index (χ2v) is 8.74. The lowest BCUT2D eigenvalue weighted by Gasteiger charge is -2.16. The summed E-state index contributed by atoms with van der Waals surface area (Å²) >= 11 is 0. The summed E-state index contributed by atoms with van der Waals surface area (Å²) in [5, 5.41) is 13.4. The number of hydrogen-bond acceptors (Lipinski definition) is 6. The van der Waals surface area contributed by atoms with Crippen LogP contribution in [-0.4, -0.2) is 63.8 Å². The first kappa shape index (κ1) is 29.7. The van der Waals surface area contributed by atoms with Gasteiger partial charge in [0.05, 0.1) is 18.0 Å². The van der Waals surface area contributed by atoms with Gasteiger partial charge in [0.1, 0.15) is 18.1 Å². The average molecular weight is 517 g/mol. The lowest BCUT2D eigenvalue weighted by molar-refractivity contribution is -0.115. The molecule has 0 spiro atoms. The van der Waals surface area contributed by atoms with Crippen molar-refractivity contribution in [2.75, 3.05) is 13.6 Å². The highest BCUT2D eigenvalue weighted by molar-refractivity contribution is 6.02. The van der Waals surface area contributed by atoms with Gasteiger partial charge in [-0.05, 0) is 63.1 Å². The van der Waals surface area contributed by atoms with Gasteiger partial charge in [0.2, 0.25) is 11.8 Å². The Balaban J connectivity index is 0.00000235. The van der Waals surface area contributed by atoms with Crippen LogP contribution in [0.4, 0.5) is 8.78 Å². The average Bonchev–Trinajstić information content (AvgIpc) is 3.23. The molecule has 3 aromatic rings. The van der Waals surface area contributed by atoms with E-state index in [0.717, 1.165) is 22.3 Å². The number of carbonyl (C=O) groups is 2. The molecular formula is C26H34F2N6O3. The normalized spacial score (nSPS) is 12.8. The molecule has 9 nitrogen and oxygen atoms in total. The van der Waals surface area contributed by atoms with E-state index in [9.17, 15) is 18.7 Å². The van der Waals surface area contributed by atoms with Crippen molar-refractivity contribution in [1.82, 2.24) is 19.9 Å². The van der Waals surface area contributed by atoms with Crippen LogP contribution < -0.4 is 11.1 Å². The van der Waals surface area contributed by atoms with Crippen molar-refractivity contribution in [3.8, 4) is 5.69 Å². The van der Waals surface area contributed by atoms with E-state index < -0.39 is 17.9 Å². The number of nitrogens with one attached hydrogen (secondary N) is 1. The zero-order valence-electron chi connectivity index (χ0n) is 21.4. The van der Waals surface area contributed by atoms with Crippen LogP contribution in [0, 0.1) is 0 Å². The maximum Gasteiger partial charge on any atom is 0.249 e. The number of rotatable bonds is 11. The lowest BCUT2D eigenvalue weighted by Crippen LogP contribution is -2.23. The van der Waals surface area contributed by atoms with Crippen molar-refractivity contribution in [3.63, 3.8) is 0 Å². The topological polar surface area (TPSA) is 135 Å². The molecule has 37 heavy (non-hydrogen) atoms. The van der Waals surface area contributed by atoms with E-state index in [1.54, 1.807) is 38.5 Å². The predicted octanol–water partition coefficient (Wildman–Crippen LogP) is 2.98. The maximum absolute atomic E-state index is 14.1. The molecule has 11 heteroatoms. The van der Waals surface area contributed by atoms with E-state index in [4.69, 9.17) is 10.5 Å². The van der Waals surface area contributed by atoms with Crippen molar-refractivity contribution in [3.05, 3.63) is 53.6 Å². The van der Waals surface area contributed by atoms with Gasteiger partial charge in [0.15, 0.2) is 5.84 Å². The number of hydrogen-bond donors (Lipinski definition) is 3. The summed E-state index contributed by atoms with van der Waals surface area (Å²) in [5.41, 5.74) is 9.24. The molecule has 1 atom stereocenters. The van der Waals surface area contributed by atoms with Crippen LogP contribution in [0.25, 0.3) is 16.7 Å². The number of carbonyl (C=O) groups excluding carboxylic acids is 2. The Labute approximate surface area is 214 Å². The Morgan fingerprint density at radius 1 is 1.22 bits per heavy atom. The SMILES string of the molecule is C=O.CNCCC(F)(F)CCc1cnc2c(c1)cc(CCC(C)O)n2-c1ccc(C(N)=NC(C)=O)nc1. The number of aliphatic hydroxyl groups is 1. The first-order chi connectivity index (χ1) is 17.6. The number of amides is 1. The third kappa shape index (κ3) is 8.50. The number of amidine groups is 1. The highest BCUT2D eigenvalue weighted by Crippen LogP contribution is 2.28. The Hall–Kier alpha value is -3.57. The van der Waals surface area contributed by atoms with E-state index >= 15 is 0 Å². The standard InChI is InChI=1S/C25H32F2N6O2.CH2O/c1-16(34)4-5-20-13-19-12-18(8-9-25(26,27)10-11-29-3)14-31-24(19)33(20)21-6-7-22(30-15-21)23(28)32-17(2)35;1-2/h6-7,12-16,29,34H,4-5,8-11H2,1-3H3,(H2,28,32,35);1H2. The van der Waals surface area contributed by atoms with Gasteiger partial charge in [-0.25, -0.2) is 13.8 Å². The molecule has 0 saturated heterocycles. The van der Waals surface area contributed by atoms with Gasteiger partial charge in [-0.15, -0.1) is 0 Å². The monoisotopic (exact) mass is 516 g/mol. The summed E-state index contributed by atoms with van der Waals surface area (Å²) in [6.07, 6.45) is 3.67. The molecule has 0 radical (unpaired) electrons. The van der Waals surface area contributed by atoms with Crippen LogP contribution >= 0.6 is 0 Å². The van der Waals surface area contributed by atoms with Crippen molar-refractivity contribution in [2.45, 2.75) is 58.0 Å². The minimum absolute atomic E-state index is 0.0324. The third-order valence-electron chi connectivity index (χ3n) is 5.66. The molecule has 1 amide bonds. The van der Waals surface area contributed by atoms with Crippen molar-refractivity contribution in [2.24, 2.45) is 10.7 Å². The summed E-state index contributed by atoms with van der Waals surface area (Å²) < 4.78 is 30.1. The Bertz CT molecular complexity index is 1210. The number of alkyl halides is 2. The highest BCUT2D eigenvalue weighted by Gasteiger charge is 2.27. The minimum Gasteiger partial charge on any atom is -0.393 e. The Morgan fingerprint density at radius 3 is 2.54 bits per heavy atom. The summed E-state index contributed by atoms with van der Waals surface area (Å²) in [6.45, 7) is 5.30. The van der Waals surface area contributed by atoms with Crippen molar-refractivity contribution < 1.29 is 23.5 Å². The number of nitrogens with zero attached hydrogens (tertiary/aromatic N) is 4. The van der Waals surface area contributed by atoms with E-state index in [2.05, 4.69) is 20.3 Å².